The molecule has 2 aromatic rings. The smallest absolute Gasteiger partial charge is 0.387 e. The SMILES string of the molecule is COCCN1CC2CC1CN2c1cc(-c2cnc(N)c(OC(F)F)c2)nc(C2CC2)n1. The minimum absolute atomic E-state index is 0.0752. The van der Waals surface area contributed by atoms with Gasteiger partial charge in [-0.1, -0.05) is 0 Å². The summed E-state index contributed by atoms with van der Waals surface area (Å²) in [6, 6.07) is 4.29. The summed E-state index contributed by atoms with van der Waals surface area (Å²) in [4.78, 5) is 18.4. The van der Waals surface area contributed by atoms with Crippen LogP contribution in [0.3, 0.4) is 0 Å². The van der Waals surface area contributed by atoms with E-state index in [0.717, 1.165) is 57.1 Å². The minimum atomic E-state index is -2.97. The van der Waals surface area contributed by atoms with Crippen LogP contribution in [0.1, 0.15) is 31.0 Å². The van der Waals surface area contributed by atoms with E-state index in [-0.39, 0.29) is 11.6 Å². The number of anilines is 2. The fourth-order valence-corrected chi connectivity index (χ4v) is 4.57. The molecule has 2 bridgehead atoms. The standard InChI is InChI=1S/C21H26F2N6O2/c1-30-5-4-28-10-15-7-14(28)11-29(15)18-8-16(26-20(27-18)12-2-3-12)13-6-17(31-21(22)23)19(24)25-9-13/h6,8-9,12,14-15,21H,2-5,7,10-11H2,1H3,(H2,24,25). The number of halogens is 2. The molecule has 166 valence electrons. The molecule has 0 spiro atoms. The summed E-state index contributed by atoms with van der Waals surface area (Å²) in [5.74, 6) is 1.83. The van der Waals surface area contributed by atoms with Gasteiger partial charge < -0.3 is 20.1 Å². The number of rotatable bonds is 8. The van der Waals surface area contributed by atoms with Crippen molar-refractivity contribution in [1.29, 1.82) is 0 Å². The van der Waals surface area contributed by atoms with Crippen molar-refractivity contribution in [3.63, 3.8) is 0 Å². The van der Waals surface area contributed by atoms with E-state index in [1.165, 1.54) is 6.07 Å². The normalized spacial score (nSPS) is 23.2. The van der Waals surface area contributed by atoms with E-state index in [9.17, 15) is 8.78 Å². The predicted octanol–water partition coefficient (Wildman–Crippen LogP) is 2.51. The first kappa shape index (κ1) is 20.3. The molecule has 2 saturated heterocycles. The maximum Gasteiger partial charge on any atom is 0.387 e. The predicted molar refractivity (Wildman–Crippen MR) is 111 cm³/mol. The van der Waals surface area contributed by atoms with Gasteiger partial charge in [0.05, 0.1) is 12.3 Å². The largest absolute Gasteiger partial charge is 0.431 e. The van der Waals surface area contributed by atoms with Crippen molar-refractivity contribution < 1.29 is 18.3 Å². The summed E-state index contributed by atoms with van der Waals surface area (Å²) >= 11 is 0. The van der Waals surface area contributed by atoms with E-state index in [4.69, 9.17) is 20.4 Å². The number of aromatic nitrogens is 3. The van der Waals surface area contributed by atoms with E-state index in [0.29, 0.717) is 29.3 Å². The van der Waals surface area contributed by atoms with Crippen LogP contribution in [0.2, 0.25) is 0 Å². The van der Waals surface area contributed by atoms with Crippen LogP contribution in [0, 0.1) is 0 Å². The highest BCUT2D eigenvalue weighted by Crippen LogP contribution is 2.41. The lowest BCUT2D eigenvalue weighted by atomic mass is 10.1. The molecule has 4 heterocycles. The Labute approximate surface area is 179 Å². The molecule has 31 heavy (non-hydrogen) atoms. The summed E-state index contributed by atoms with van der Waals surface area (Å²) in [7, 11) is 1.73. The van der Waals surface area contributed by atoms with Crippen molar-refractivity contribution in [2.24, 2.45) is 0 Å². The van der Waals surface area contributed by atoms with E-state index in [1.807, 2.05) is 6.07 Å². The number of piperazine rings is 1. The van der Waals surface area contributed by atoms with Gasteiger partial charge in [0.1, 0.15) is 11.6 Å². The fourth-order valence-electron chi connectivity index (χ4n) is 4.57. The Morgan fingerprint density at radius 3 is 2.71 bits per heavy atom. The number of pyridine rings is 1. The van der Waals surface area contributed by atoms with Crippen molar-refractivity contribution in [2.75, 3.05) is 44.0 Å². The van der Waals surface area contributed by atoms with E-state index < -0.39 is 6.61 Å². The maximum atomic E-state index is 12.7. The zero-order valence-corrected chi connectivity index (χ0v) is 17.4. The number of nitrogens with zero attached hydrogens (tertiary/aromatic N) is 5. The highest BCUT2D eigenvalue weighted by molar-refractivity contribution is 5.67. The number of nitrogens with two attached hydrogens (primary N) is 1. The Bertz CT molecular complexity index is 957. The minimum Gasteiger partial charge on any atom is -0.431 e. The Morgan fingerprint density at radius 1 is 1.19 bits per heavy atom. The number of alkyl halides is 2. The van der Waals surface area contributed by atoms with Gasteiger partial charge in [0.2, 0.25) is 0 Å². The number of methoxy groups -OCH3 is 1. The highest BCUT2D eigenvalue weighted by Gasteiger charge is 2.43. The molecule has 1 saturated carbocycles. The molecule has 3 aliphatic rings. The molecule has 3 fully saturated rings. The second-order valence-corrected chi connectivity index (χ2v) is 8.41. The molecular weight excluding hydrogens is 406 g/mol. The number of hydrogen-bond acceptors (Lipinski definition) is 8. The van der Waals surface area contributed by atoms with Gasteiger partial charge in [-0.15, -0.1) is 0 Å². The lowest BCUT2D eigenvalue weighted by Gasteiger charge is -2.35. The first-order valence-electron chi connectivity index (χ1n) is 10.6. The molecule has 2 aromatic heterocycles. The second kappa shape index (κ2) is 8.16. The molecule has 8 nitrogen and oxygen atoms in total. The van der Waals surface area contributed by atoms with Crippen molar-refractivity contribution in [1.82, 2.24) is 19.9 Å². The second-order valence-electron chi connectivity index (χ2n) is 8.41. The lowest BCUT2D eigenvalue weighted by Crippen LogP contribution is -2.47. The quantitative estimate of drug-likeness (QED) is 0.681. The van der Waals surface area contributed by atoms with Gasteiger partial charge in [-0.05, 0) is 25.3 Å². The van der Waals surface area contributed by atoms with Crippen LogP contribution in [-0.4, -0.2) is 71.9 Å². The van der Waals surface area contributed by atoms with Crippen LogP contribution in [0.15, 0.2) is 18.3 Å². The first-order valence-corrected chi connectivity index (χ1v) is 10.6. The average Bonchev–Trinajstić information content (AvgIpc) is 3.43. The van der Waals surface area contributed by atoms with Crippen LogP contribution >= 0.6 is 0 Å². The topological polar surface area (TPSA) is 89.6 Å². The fraction of sp³-hybridized carbons (Fsp3) is 0.571. The van der Waals surface area contributed by atoms with Crippen molar-refractivity contribution in [3.8, 4) is 17.0 Å². The molecule has 0 amide bonds. The van der Waals surface area contributed by atoms with Crippen LogP contribution in [0.25, 0.3) is 11.3 Å². The van der Waals surface area contributed by atoms with Crippen LogP contribution in [0.5, 0.6) is 5.75 Å². The molecule has 2 N–H and O–H groups in total. The lowest BCUT2D eigenvalue weighted by molar-refractivity contribution is -0.0494. The van der Waals surface area contributed by atoms with Crippen LogP contribution < -0.4 is 15.4 Å². The van der Waals surface area contributed by atoms with E-state index >= 15 is 0 Å². The number of fused-ring (bicyclic) bond motifs is 2. The van der Waals surface area contributed by atoms with Crippen molar-refractivity contribution >= 4 is 11.6 Å². The average molecular weight is 432 g/mol. The van der Waals surface area contributed by atoms with Gasteiger partial charge in [-0.25, -0.2) is 15.0 Å². The van der Waals surface area contributed by atoms with Gasteiger partial charge >= 0.3 is 6.61 Å². The number of likely N-dealkylation sites (tertiary alicyclic amines) is 1. The van der Waals surface area contributed by atoms with Crippen LogP contribution in [-0.2, 0) is 4.74 Å². The monoisotopic (exact) mass is 432 g/mol. The highest BCUT2D eigenvalue weighted by atomic mass is 19.3. The molecule has 0 aromatic carbocycles. The van der Waals surface area contributed by atoms with Crippen LogP contribution in [0.4, 0.5) is 20.4 Å². The molecule has 0 radical (unpaired) electrons. The molecule has 2 atom stereocenters. The zero-order chi connectivity index (χ0) is 21.5. The van der Waals surface area contributed by atoms with E-state index in [2.05, 4.69) is 19.5 Å². The van der Waals surface area contributed by atoms with Gasteiger partial charge in [0.15, 0.2) is 11.6 Å². The Kier molecular flexibility index (Phi) is 5.35. The van der Waals surface area contributed by atoms with Gasteiger partial charge in [0.25, 0.3) is 0 Å². The molecule has 10 heteroatoms. The molecular formula is C21H26F2N6O2. The summed E-state index contributed by atoms with van der Waals surface area (Å²) in [6.07, 6.45) is 4.79. The summed E-state index contributed by atoms with van der Waals surface area (Å²) in [5, 5.41) is 0. The van der Waals surface area contributed by atoms with Gasteiger partial charge in [0, 0.05) is 62.6 Å². The third-order valence-corrected chi connectivity index (χ3v) is 6.30. The first-order chi connectivity index (χ1) is 15.0. The summed E-state index contributed by atoms with van der Waals surface area (Å²) in [6.45, 7) is 0.609. The maximum absolute atomic E-state index is 12.7. The third-order valence-electron chi connectivity index (χ3n) is 6.30. The molecule has 1 aliphatic carbocycles. The Morgan fingerprint density at radius 2 is 2.03 bits per heavy atom. The third kappa shape index (κ3) is 4.14. The van der Waals surface area contributed by atoms with Crippen molar-refractivity contribution in [2.45, 2.75) is 43.9 Å². The summed E-state index contributed by atoms with van der Waals surface area (Å²) in [5.41, 5.74) is 6.93. The van der Waals surface area contributed by atoms with Gasteiger partial charge in [-0.2, -0.15) is 8.78 Å². The van der Waals surface area contributed by atoms with E-state index in [1.54, 1.807) is 13.3 Å². The zero-order valence-electron chi connectivity index (χ0n) is 17.4. The van der Waals surface area contributed by atoms with Crippen molar-refractivity contribution in [3.05, 3.63) is 24.2 Å². The molecule has 5 rings (SSSR count). The summed E-state index contributed by atoms with van der Waals surface area (Å²) < 4.78 is 35.2. The molecule has 2 unspecified atom stereocenters. The number of ether oxygens (including phenoxy) is 2. The number of nitrogen functional groups attached to an aromatic ring is 1. The Hall–Kier alpha value is -2.59. The number of hydrogen-bond donors (Lipinski definition) is 1. The Balaban J connectivity index is 1.44. The molecule has 2 aliphatic heterocycles. The van der Waals surface area contributed by atoms with Gasteiger partial charge in [-0.3, -0.25) is 4.90 Å².